The topological polar surface area (TPSA) is 66.4 Å². The molecule has 47 heavy (non-hydrogen) atoms. The number of rotatable bonds is 3. The number of nitrogens with zero attached hydrogens (tertiary/aromatic N) is 4. The van der Waals surface area contributed by atoms with E-state index in [0.29, 0.717) is 12.3 Å². The third kappa shape index (κ3) is 5.75. The van der Waals surface area contributed by atoms with Crippen molar-refractivity contribution in [2.24, 2.45) is 0 Å². The first-order valence-electron chi connectivity index (χ1n) is 16.5. The second-order valence-corrected chi connectivity index (χ2v) is 15.6. The minimum absolute atomic E-state index is 0.123. The van der Waals surface area contributed by atoms with Crippen LogP contribution in [-0.2, 0) is 40.1 Å². The number of halogens is 1. The zero-order chi connectivity index (χ0) is 33.9. The molecule has 1 spiro atoms. The highest BCUT2D eigenvalue weighted by Gasteiger charge is 2.56. The Labute approximate surface area is 284 Å². The van der Waals surface area contributed by atoms with E-state index in [1.807, 2.05) is 48.8 Å². The average molecular weight is 649 g/mol. The van der Waals surface area contributed by atoms with Gasteiger partial charge in [0, 0.05) is 40.5 Å². The van der Waals surface area contributed by atoms with Gasteiger partial charge in [0.25, 0.3) is 0 Å². The van der Waals surface area contributed by atoms with Gasteiger partial charge in [0.1, 0.15) is 11.6 Å². The third-order valence-corrected chi connectivity index (χ3v) is 9.95. The number of alkyl halides is 1. The highest BCUT2D eigenvalue weighted by molar-refractivity contribution is 6.17. The van der Waals surface area contributed by atoms with Crippen LogP contribution < -0.4 is 9.80 Å². The Kier molecular flexibility index (Phi) is 8.32. The van der Waals surface area contributed by atoms with Crippen molar-refractivity contribution in [2.75, 3.05) is 9.80 Å². The van der Waals surface area contributed by atoms with E-state index in [1.54, 1.807) is 12.4 Å². The zero-order valence-electron chi connectivity index (χ0n) is 28.8. The lowest BCUT2D eigenvalue weighted by atomic mass is 9.79. The molecule has 3 aliphatic rings. The number of carbonyl (C=O) groups excluding carboxylic acids is 2. The van der Waals surface area contributed by atoms with E-state index in [0.717, 1.165) is 46.7 Å². The molecule has 2 aromatic carbocycles. The minimum atomic E-state index is -0.465. The van der Waals surface area contributed by atoms with Crippen molar-refractivity contribution >= 4 is 35.1 Å². The molecule has 2 aromatic heterocycles. The largest absolute Gasteiger partial charge is 0.291 e. The van der Waals surface area contributed by atoms with Gasteiger partial charge in [-0.05, 0) is 109 Å². The van der Waals surface area contributed by atoms with E-state index in [2.05, 4.69) is 87.1 Å². The van der Waals surface area contributed by atoms with E-state index >= 15 is 0 Å². The maximum atomic E-state index is 13.5. The molecule has 2 aliphatic heterocycles. The van der Waals surface area contributed by atoms with Gasteiger partial charge in [-0.25, -0.2) is 9.97 Å². The maximum Gasteiger partial charge on any atom is 0.240 e. The van der Waals surface area contributed by atoms with Crippen molar-refractivity contribution in [2.45, 2.75) is 103 Å². The second-order valence-electron chi connectivity index (χ2n) is 15.3. The molecule has 2 atom stereocenters. The maximum absolute atomic E-state index is 13.5. The molecule has 6 nitrogen and oxygen atoms in total. The summed E-state index contributed by atoms with van der Waals surface area (Å²) in [5.74, 6) is 2.22. The van der Waals surface area contributed by atoms with Gasteiger partial charge < -0.3 is 0 Å². The summed E-state index contributed by atoms with van der Waals surface area (Å²) in [7, 11) is 0. The summed E-state index contributed by atoms with van der Waals surface area (Å²) in [5.41, 5.74) is 8.36. The number of hydrogen-bond acceptors (Lipinski definition) is 4. The van der Waals surface area contributed by atoms with Crippen LogP contribution in [0, 0.1) is 13.8 Å². The van der Waals surface area contributed by atoms with E-state index < -0.39 is 5.41 Å². The molecule has 7 rings (SSSR count). The van der Waals surface area contributed by atoms with Gasteiger partial charge >= 0.3 is 0 Å². The van der Waals surface area contributed by atoms with Crippen LogP contribution in [0.15, 0.2) is 73.1 Å². The van der Waals surface area contributed by atoms with Gasteiger partial charge in [-0.3, -0.25) is 19.4 Å². The lowest BCUT2D eigenvalue weighted by Crippen LogP contribution is -2.49. The van der Waals surface area contributed by atoms with Gasteiger partial charge in [-0.1, -0.05) is 59.7 Å². The Morgan fingerprint density at radius 3 is 2.06 bits per heavy atom. The second kappa shape index (κ2) is 11.9. The number of aromatic nitrogens is 2. The van der Waals surface area contributed by atoms with Crippen LogP contribution in [0.5, 0.6) is 0 Å². The molecule has 0 saturated carbocycles. The van der Waals surface area contributed by atoms with Gasteiger partial charge in [0.15, 0.2) is 0 Å². The van der Waals surface area contributed by atoms with Crippen molar-refractivity contribution in [1.29, 1.82) is 0 Å². The first kappa shape index (κ1) is 32.9. The van der Waals surface area contributed by atoms with Crippen LogP contribution in [0.4, 0.5) is 11.6 Å². The minimum Gasteiger partial charge on any atom is -0.291 e. The fourth-order valence-corrected chi connectivity index (χ4v) is 7.81. The number of anilines is 2. The molecule has 0 bridgehead atoms. The van der Waals surface area contributed by atoms with Crippen LogP contribution in [0.3, 0.4) is 0 Å². The predicted molar refractivity (Wildman–Crippen MR) is 190 cm³/mol. The molecule has 1 aliphatic carbocycles. The lowest BCUT2D eigenvalue weighted by molar-refractivity contribution is -0.124. The fraction of sp³-hybridized carbons (Fsp3) is 0.400. The molecule has 0 N–H and O–H groups in total. The Bertz CT molecular complexity index is 1870. The number of pyridine rings is 2. The number of fused-ring (bicyclic) bond motifs is 4. The first-order chi connectivity index (χ1) is 22.2. The highest BCUT2D eigenvalue weighted by atomic mass is 35.5. The van der Waals surface area contributed by atoms with Crippen LogP contribution in [-0.4, -0.2) is 32.9 Å². The lowest BCUT2D eigenvalue weighted by Gasteiger charge is -2.33. The van der Waals surface area contributed by atoms with Crippen molar-refractivity contribution < 1.29 is 9.59 Å². The molecule has 2 amide bonds. The fourth-order valence-electron chi connectivity index (χ4n) is 7.54. The number of benzene rings is 2. The van der Waals surface area contributed by atoms with Gasteiger partial charge in [0.05, 0.1) is 11.3 Å². The quantitative estimate of drug-likeness (QED) is 0.210. The van der Waals surface area contributed by atoms with Crippen molar-refractivity contribution in [3.8, 4) is 0 Å². The summed E-state index contributed by atoms with van der Waals surface area (Å²) in [5, 5.41) is 0. The predicted octanol–water partition coefficient (Wildman–Crippen LogP) is 8.17. The summed E-state index contributed by atoms with van der Waals surface area (Å²) in [6.07, 6.45) is 5.77. The molecule has 0 radical (unpaired) electrons. The smallest absolute Gasteiger partial charge is 0.240 e. The molecule has 0 saturated heterocycles. The van der Waals surface area contributed by atoms with Crippen molar-refractivity contribution in [3.63, 3.8) is 0 Å². The summed E-state index contributed by atoms with van der Waals surface area (Å²) in [6.45, 7) is 16.5. The SMILES string of the molecule is Cc1ccc(CCl)c(CC2C(=O)N(C(C)(C)C)c3ncccc32)c1.Cc1ccc2c(c1)C[C@@]1(C2)C(=O)N(C(C)(C)C)c2ncccc21. The number of amides is 2. The van der Waals surface area contributed by atoms with Crippen molar-refractivity contribution in [3.05, 3.63) is 118 Å². The van der Waals surface area contributed by atoms with E-state index in [-0.39, 0.29) is 28.8 Å². The summed E-state index contributed by atoms with van der Waals surface area (Å²) in [6, 6.07) is 20.8. The van der Waals surface area contributed by atoms with Crippen molar-refractivity contribution in [1.82, 2.24) is 9.97 Å². The molecule has 4 aromatic rings. The number of carbonyl (C=O) groups is 2. The number of hydrogen-bond donors (Lipinski definition) is 0. The molecule has 0 fully saturated rings. The molecule has 1 unspecified atom stereocenters. The van der Waals surface area contributed by atoms with Crippen LogP contribution in [0.25, 0.3) is 0 Å². The molecular formula is C40H45ClN4O2. The third-order valence-electron chi connectivity index (χ3n) is 9.67. The Balaban J connectivity index is 0.000000164. The van der Waals surface area contributed by atoms with Crippen LogP contribution >= 0.6 is 11.6 Å². The summed E-state index contributed by atoms with van der Waals surface area (Å²) >= 11 is 6.10. The van der Waals surface area contributed by atoms with Crippen LogP contribution in [0.2, 0.25) is 0 Å². The summed E-state index contributed by atoms with van der Waals surface area (Å²) < 4.78 is 0. The zero-order valence-corrected chi connectivity index (χ0v) is 29.6. The Morgan fingerprint density at radius 2 is 1.38 bits per heavy atom. The Hall–Kier alpha value is -4.03. The Morgan fingerprint density at radius 1 is 0.766 bits per heavy atom. The number of aryl methyl sites for hydroxylation is 2. The van der Waals surface area contributed by atoms with Gasteiger partial charge in [0.2, 0.25) is 11.8 Å². The first-order valence-corrected chi connectivity index (χ1v) is 17.0. The average Bonchev–Trinajstić information content (AvgIpc) is 3.60. The molecular weight excluding hydrogens is 604 g/mol. The van der Waals surface area contributed by atoms with E-state index in [4.69, 9.17) is 11.6 Å². The molecule has 7 heteroatoms. The van der Waals surface area contributed by atoms with E-state index in [1.165, 1.54) is 22.3 Å². The van der Waals surface area contributed by atoms with Gasteiger partial charge in [-0.2, -0.15) is 0 Å². The standard InChI is InChI=1S/C20H23ClN2O.C20H22N2O/c1-13-7-8-14(12-21)15(10-13)11-17-16-6-5-9-22-18(16)23(19(17)24)20(2,3)4;1-13-7-8-14-11-20(12-15(14)10-13)16-6-5-9-21-17(16)22(18(20)23)19(2,3)4/h5-10,17H,11-12H2,1-4H3;5-10H,11-12H2,1-4H3/t;20-/m.1/s1. The highest BCUT2D eigenvalue weighted by Crippen LogP contribution is 2.51. The van der Waals surface area contributed by atoms with Crippen LogP contribution in [0.1, 0.15) is 92.0 Å². The molecule has 4 heterocycles. The normalized spacial score (nSPS) is 19.9. The van der Waals surface area contributed by atoms with E-state index in [9.17, 15) is 9.59 Å². The van der Waals surface area contributed by atoms with Gasteiger partial charge in [-0.15, -0.1) is 11.6 Å². The monoisotopic (exact) mass is 648 g/mol. The summed E-state index contributed by atoms with van der Waals surface area (Å²) in [4.78, 5) is 39.4. The molecule has 244 valence electrons.